The SMILES string of the molecule is C[Si](O[Si](C)O[Si](C)(C)O[Si](C)(C)O[Si](C)(C)C)O[Si](C)(C)C. The van der Waals surface area contributed by atoms with Crippen molar-refractivity contribution in [2.75, 3.05) is 0 Å². The summed E-state index contributed by atoms with van der Waals surface area (Å²) in [5.41, 5.74) is 0. The molecule has 138 valence electrons. The third-order valence-corrected chi connectivity index (χ3v) is 19.5. The van der Waals surface area contributed by atoms with Gasteiger partial charge in [0.05, 0.1) is 0 Å². The molecule has 0 aromatic heterocycles. The molecule has 11 heteroatoms. The Balaban J connectivity index is 4.55. The Morgan fingerprint density at radius 3 is 1.35 bits per heavy atom. The highest BCUT2D eigenvalue weighted by Gasteiger charge is 2.41. The number of hydrogen-bond donors (Lipinski definition) is 0. The van der Waals surface area contributed by atoms with Crippen LogP contribution in [0.15, 0.2) is 0 Å². The molecule has 0 saturated heterocycles. The summed E-state index contributed by atoms with van der Waals surface area (Å²) in [7, 11) is -10.3. The standard InChI is InChI=1S/C12H36O5Si6/c1-18(14-20(3,4)5)13-19(2)15-22(9,10)17-23(11,12)16-21(6,7)8/h1-12H3. The normalized spacial score (nSPS) is 14.9. The molecule has 0 spiro atoms. The zero-order valence-corrected chi connectivity index (χ0v) is 23.0. The highest BCUT2D eigenvalue weighted by atomic mass is 28.5. The molecule has 0 aromatic carbocycles. The van der Waals surface area contributed by atoms with E-state index < -0.39 is 52.3 Å². The molecule has 0 fully saturated rings. The van der Waals surface area contributed by atoms with Crippen LogP contribution in [0.5, 0.6) is 0 Å². The van der Waals surface area contributed by atoms with E-state index in [1.807, 2.05) is 13.1 Å². The highest BCUT2D eigenvalue weighted by molar-refractivity contribution is 6.87. The summed E-state index contributed by atoms with van der Waals surface area (Å²) in [5, 5.41) is 0. The molecule has 0 saturated carbocycles. The Kier molecular flexibility index (Phi) is 9.07. The lowest BCUT2D eigenvalue weighted by Gasteiger charge is -2.37. The molecular weight excluding hydrogens is 393 g/mol. The van der Waals surface area contributed by atoms with Crippen LogP contribution in [0.2, 0.25) is 78.6 Å². The van der Waals surface area contributed by atoms with E-state index in [1.165, 1.54) is 0 Å². The summed E-state index contributed by atoms with van der Waals surface area (Å²) < 4.78 is 30.8. The third kappa shape index (κ3) is 14.0. The molecule has 0 unspecified atom stereocenters. The van der Waals surface area contributed by atoms with Crippen molar-refractivity contribution in [3.63, 3.8) is 0 Å². The van der Waals surface area contributed by atoms with Gasteiger partial charge in [0.15, 0.2) is 16.6 Å². The molecule has 2 radical (unpaired) electrons. The molecule has 0 heterocycles. The summed E-state index contributed by atoms with van der Waals surface area (Å²) in [4.78, 5) is 0. The smallest absolute Gasteiger partial charge is 0.362 e. The van der Waals surface area contributed by atoms with Crippen molar-refractivity contribution in [1.29, 1.82) is 0 Å². The van der Waals surface area contributed by atoms with Crippen molar-refractivity contribution in [1.82, 2.24) is 0 Å². The number of rotatable bonds is 10. The quantitative estimate of drug-likeness (QED) is 0.483. The van der Waals surface area contributed by atoms with E-state index in [4.69, 9.17) is 20.6 Å². The van der Waals surface area contributed by atoms with Crippen LogP contribution >= 0.6 is 0 Å². The van der Waals surface area contributed by atoms with Gasteiger partial charge in [-0.25, -0.2) is 0 Å². The van der Waals surface area contributed by atoms with Crippen molar-refractivity contribution in [3.05, 3.63) is 0 Å². The second-order valence-corrected chi connectivity index (χ2v) is 28.6. The zero-order chi connectivity index (χ0) is 18.7. The monoisotopic (exact) mass is 428 g/mol. The van der Waals surface area contributed by atoms with Crippen molar-refractivity contribution in [2.24, 2.45) is 0 Å². The summed E-state index contributed by atoms with van der Waals surface area (Å²) in [6.45, 7) is 25.6. The van der Waals surface area contributed by atoms with Crippen molar-refractivity contribution in [2.45, 2.75) is 78.6 Å². The molecular formula is C12H36O5Si6. The van der Waals surface area contributed by atoms with Gasteiger partial charge in [-0.2, -0.15) is 0 Å². The molecule has 0 atom stereocenters. The summed E-state index contributed by atoms with van der Waals surface area (Å²) in [6.07, 6.45) is 0. The first-order valence-electron chi connectivity index (χ1n) is 8.04. The van der Waals surface area contributed by atoms with E-state index in [1.54, 1.807) is 0 Å². The summed E-state index contributed by atoms with van der Waals surface area (Å²) in [5.74, 6) is 0. The van der Waals surface area contributed by atoms with Gasteiger partial charge in [-0.05, 0) is 78.6 Å². The minimum atomic E-state index is -2.28. The Hall–Kier alpha value is 1.10. The van der Waals surface area contributed by atoms with E-state index >= 15 is 0 Å². The molecule has 0 rings (SSSR count). The fourth-order valence-corrected chi connectivity index (χ4v) is 23.0. The predicted molar refractivity (Wildman–Crippen MR) is 110 cm³/mol. The first kappa shape index (κ1) is 24.1. The average Bonchev–Trinajstić information content (AvgIpc) is 2.03. The van der Waals surface area contributed by atoms with Crippen molar-refractivity contribution < 1.29 is 20.6 Å². The van der Waals surface area contributed by atoms with Crippen LogP contribution in [-0.2, 0) is 20.6 Å². The van der Waals surface area contributed by atoms with Gasteiger partial charge in [-0.15, -0.1) is 0 Å². The van der Waals surface area contributed by atoms with Gasteiger partial charge in [0.25, 0.3) is 0 Å². The van der Waals surface area contributed by atoms with E-state index in [0.29, 0.717) is 0 Å². The summed E-state index contributed by atoms with van der Waals surface area (Å²) >= 11 is 0. The molecule has 0 aliphatic rings. The van der Waals surface area contributed by atoms with Crippen LogP contribution in [0, 0.1) is 0 Å². The Bertz CT molecular complexity index is 366. The maximum absolute atomic E-state index is 6.35. The first-order chi connectivity index (χ1) is 9.91. The third-order valence-electron chi connectivity index (χ3n) is 2.17. The van der Waals surface area contributed by atoms with Crippen LogP contribution in [0.25, 0.3) is 0 Å². The minimum Gasteiger partial charge on any atom is -0.437 e. The fraction of sp³-hybridized carbons (Fsp3) is 1.00. The van der Waals surface area contributed by atoms with Crippen molar-refractivity contribution >= 4 is 52.3 Å². The highest BCUT2D eigenvalue weighted by Crippen LogP contribution is 2.22. The van der Waals surface area contributed by atoms with Gasteiger partial charge in [0.1, 0.15) is 0 Å². The topological polar surface area (TPSA) is 46.2 Å². The van der Waals surface area contributed by atoms with Crippen LogP contribution in [0.3, 0.4) is 0 Å². The zero-order valence-electron chi connectivity index (χ0n) is 17.0. The lowest BCUT2D eigenvalue weighted by Crippen LogP contribution is -2.54. The predicted octanol–water partition coefficient (Wildman–Crippen LogP) is 4.38. The van der Waals surface area contributed by atoms with Gasteiger partial charge in [0.2, 0.25) is 0 Å². The van der Waals surface area contributed by atoms with Crippen LogP contribution in [0.4, 0.5) is 0 Å². The average molecular weight is 429 g/mol. The van der Waals surface area contributed by atoms with Gasteiger partial charge < -0.3 is 20.6 Å². The Labute approximate surface area is 151 Å². The maximum atomic E-state index is 6.35. The second kappa shape index (κ2) is 8.66. The molecule has 23 heavy (non-hydrogen) atoms. The molecule has 0 N–H and O–H groups in total. The minimum absolute atomic E-state index is 1.25. The van der Waals surface area contributed by atoms with E-state index in [0.717, 1.165) is 0 Å². The lowest BCUT2D eigenvalue weighted by atomic mass is 11.8. The summed E-state index contributed by atoms with van der Waals surface area (Å²) in [6, 6.07) is 0. The van der Waals surface area contributed by atoms with E-state index in [9.17, 15) is 0 Å². The van der Waals surface area contributed by atoms with Gasteiger partial charge >= 0.3 is 35.7 Å². The van der Waals surface area contributed by atoms with E-state index in [2.05, 4.69) is 65.5 Å². The second-order valence-electron chi connectivity index (χ2n) is 8.52. The maximum Gasteiger partial charge on any atom is 0.362 e. The van der Waals surface area contributed by atoms with Crippen LogP contribution in [-0.4, -0.2) is 52.3 Å². The van der Waals surface area contributed by atoms with E-state index in [-0.39, 0.29) is 0 Å². The molecule has 0 amide bonds. The molecule has 0 aliphatic carbocycles. The van der Waals surface area contributed by atoms with Crippen molar-refractivity contribution in [3.8, 4) is 0 Å². The molecule has 0 bridgehead atoms. The fourth-order valence-electron chi connectivity index (χ4n) is 2.39. The lowest BCUT2D eigenvalue weighted by molar-refractivity contribution is 0.304. The first-order valence-corrected chi connectivity index (χ1v) is 24.1. The van der Waals surface area contributed by atoms with Gasteiger partial charge in [0, 0.05) is 0 Å². The largest absolute Gasteiger partial charge is 0.437 e. The van der Waals surface area contributed by atoms with Gasteiger partial charge in [-0.1, -0.05) is 0 Å². The van der Waals surface area contributed by atoms with Crippen LogP contribution < -0.4 is 0 Å². The number of hydrogen-bond acceptors (Lipinski definition) is 5. The molecule has 0 aliphatic heterocycles. The Morgan fingerprint density at radius 1 is 0.522 bits per heavy atom. The molecule has 0 aromatic rings. The van der Waals surface area contributed by atoms with Gasteiger partial charge in [-0.3, -0.25) is 0 Å². The van der Waals surface area contributed by atoms with Crippen LogP contribution in [0.1, 0.15) is 0 Å². The Morgan fingerprint density at radius 2 is 0.957 bits per heavy atom. The molecule has 5 nitrogen and oxygen atoms in total.